The van der Waals surface area contributed by atoms with Crippen molar-refractivity contribution in [2.45, 2.75) is 11.8 Å². The number of hydrogen-bond donors (Lipinski definition) is 1. The van der Waals surface area contributed by atoms with Crippen molar-refractivity contribution in [2.75, 3.05) is 49.5 Å². The van der Waals surface area contributed by atoms with Crippen LogP contribution in [0.15, 0.2) is 53.4 Å². The van der Waals surface area contributed by atoms with Crippen LogP contribution in [0.5, 0.6) is 0 Å². The van der Waals surface area contributed by atoms with Gasteiger partial charge in [0, 0.05) is 26.2 Å². The van der Waals surface area contributed by atoms with Crippen molar-refractivity contribution < 1.29 is 17.9 Å². The molecule has 1 N–H and O–H groups in total. The van der Waals surface area contributed by atoms with Gasteiger partial charge in [0.15, 0.2) is 0 Å². The molecule has 2 aromatic rings. The number of carbonyl (C=O) groups excluding carboxylic acids is 1. The minimum atomic E-state index is -3.78. The molecular formula is C20H25N3O4S. The van der Waals surface area contributed by atoms with E-state index < -0.39 is 16.0 Å². The van der Waals surface area contributed by atoms with Crippen LogP contribution in [-0.2, 0) is 14.8 Å². The fraction of sp³-hybridized carbons (Fsp3) is 0.350. The number of likely N-dealkylation sites (N-methyl/N-ethyl adjacent to an activating group) is 1. The first-order chi connectivity index (χ1) is 13.4. The first-order valence-corrected chi connectivity index (χ1v) is 10.7. The Labute approximate surface area is 166 Å². The lowest BCUT2D eigenvalue weighted by Gasteiger charge is -2.35. The number of carbonyl (C=O) groups is 1. The molecule has 0 bridgehead atoms. The SMILES string of the molecule is CCOC(=O)c1ccc(S(=O)(=O)Nc2ccccc2N2CCN(C)CC2)cc1. The molecule has 0 saturated carbocycles. The summed E-state index contributed by atoms with van der Waals surface area (Å²) < 4.78 is 33.3. The quantitative estimate of drug-likeness (QED) is 0.747. The van der Waals surface area contributed by atoms with Crippen LogP contribution in [0.25, 0.3) is 0 Å². The normalized spacial score (nSPS) is 15.3. The second kappa shape index (κ2) is 8.62. The number of hydrogen-bond acceptors (Lipinski definition) is 6. The van der Waals surface area contributed by atoms with Crippen LogP contribution in [0, 0.1) is 0 Å². The maximum absolute atomic E-state index is 12.8. The highest BCUT2D eigenvalue weighted by Crippen LogP contribution is 2.28. The van der Waals surface area contributed by atoms with Crippen LogP contribution in [0.4, 0.5) is 11.4 Å². The van der Waals surface area contributed by atoms with Crippen molar-refractivity contribution in [1.82, 2.24) is 4.90 Å². The second-order valence-electron chi connectivity index (χ2n) is 6.66. The molecule has 1 aliphatic rings. The Morgan fingerprint density at radius 3 is 2.32 bits per heavy atom. The monoisotopic (exact) mass is 403 g/mol. The number of sulfonamides is 1. The third kappa shape index (κ3) is 4.63. The van der Waals surface area contributed by atoms with E-state index in [9.17, 15) is 13.2 Å². The summed E-state index contributed by atoms with van der Waals surface area (Å²) in [5.41, 5.74) is 1.72. The molecule has 8 heteroatoms. The van der Waals surface area contributed by atoms with Crippen LogP contribution < -0.4 is 9.62 Å². The number of rotatable bonds is 6. The van der Waals surface area contributed by atoms with Crippen LogP contribution >= 0.6 is 0 Å². The molecular weight excluding hydrogens is 378 g/mol. The number of ether oxygens (including phenoxy) is 1. The molecule has 0 unspecified atom stereocenters. The number of benzene rings is 2. The maximum atomic E-state index is 12.8. The molecule has 28 heavy (non-hydrogen) atoms. The van der Waals surface area contributed by atoms with Crippen molar-refractivity contribution in [3.8, 4) is 0 Å². The Morgan fingerprint density at radius 1 is 1.04 bits per heavy atom. The van der Waals surface area contributed by atoms with Gasteiger partial charge in [-0.05, 0) is 50.4 Å². The van der Waals surface area contributed by atoms with E-state index in [-0.39, 0.29) is 11.5 Å². The number of nitrogens with one attached hydrogen (secondary N) is 1. The number of anilines is 2. The number of esters is 1. The van der Waals surface area contributed by atoms with Gasteiger partial charge in [-0.25, -0.2) is 13.2 Å². The highest BCUT2D eigenvalue weighted by atomic mass is 32.2. The summed E-state index contributed by atoms with van der Waals surface area (Å²) in [6, 6.07) is 13.1. The minimum absolute atomic E-state index is 0.0914. The highest BCUT2D eigenvalue weighted by molar-refractivity contribution is 7.92. The maximum Gasteiger partial charge on any atom is 0.338 e. The first kappa shape index (κ1) is 20.2. The number of piperazine rings is 1. The molecule has 0 atom stereocenters. The number of nitrogens with zero attached hydrogens (tertiary/aromatic N) is 2. The molecule has 0 aliphatic carbocycles. The molecule has 0 radical (unpaired) electrons. The van der Waals surface area contributed by atoms with E-state index in [0.29, 0.717) is 11.3 Å². The smallest absolute Gasteiger partial charge is 0.338 e. The molecule has 0 amide bonds. The highest BCUT2D eigenvalue weighted by Gasteiger charge is 2.21. The van der Waals surface area contributed by atoms with E-state index >= 15 is 0 Å². The molecule has 2 aromatic carbocycles. The van der Waals surface area contributed by atoms with Gasteiger partial charge >= 0.3 is 5.97 Å². The Hall–Kier alpha value is -2.58. The van der Waals surface area contributed by atoms with Gasteiger partial charge in [0.25, 0.3) is 10.0 Å². The Balaban J connectivity index is 1.80. The zero-order valence-electron chi connectivity index (χ0n) is 16.1. The summed E-state index contributed by atoms with van der Waals surface area (Å²) in [5.74, 6) is -0.472. The lowest BCUT2D eigenvalue weighted by Crippen LogP contribution is -2.44. The van der Waals surface area contributed by atoms with Gasteiger partial charge in [-0.3, -0.25) is 4.72 Å². The van der Waals surface area contributed by atoms with Gasteiger partial charge in [-0.2, -0.15) is 0 Å². The fourth-order valence-electron chi connectivity index (χ4n) is 3.07. The summed E-state index contributed by atoms with van der Waals surface area (Å²) in [5, 5.41) is 0. The van der Waals surface area contributed by atoms with E-state index in [2.05, 4.69) is 21.6 Å². The van der Waals surface area contributed by atoms with Crippen LogP contribution in [0.2, 0.25) is 0 Å². The lowest BCUT2D eigenvalue weighted by atomic mass is 10.2. The standard InChI is InChI=1S/C20H25N3O4S/c1-3-27-20(24)16-8-10-17(11-9-16)28(25,26)21-18-6-4-5-7-19(18)23-14-12-22(2)13-15-23/h4-11,21H,3,12-15H2,1-2H3. The van der Waals surface area contributed by atoms with Crippen molar-refractivity contribution >= 4 is 27.4 Å². The van der Waals surface area contributed by atoms with E-state index in [1.165, 1.54) is 24.3 Å². The van der Waals surface area contributed by atoms with Gasteiger partial charge in [0.05, 0.1) is 28.4 Å². The Morgan fingerprint density at radius 2 is 1.68 bits per heavy atom. The van der Waals surface area contributed by atoms with Crippen molar-refractivity contribution in [3.05, 3.63) is 54.1 Å². The number of para-hydroxylation sites is 2. The molecule has 1 fully saturated rings. The van der Waals surface area contributed by atoms with Crippen LogP contribution in [0.3, 0.4) is 0 Å². The lowest BCUT2D eigenvalue weighted by molar-refractivity contribution is 0.0526. The predicted octanol–water partition coefficient (Wildman–Crippen LogP) is 2.42. The first-order valence-electron chi connectivity index (χ1n) is 9.23. The summed E-state index contributed by atoms with van der Waals surface area (Å²) in [6.45, 7) is 5.52. The zero-order valence-corrected chi connectivity index (χ0v) is 16.9. The van der Waals surface area contributed by atoms with Gasteiger partial charge < -0.3 is 14.5 Å². The van der Waals surface area contributed by atoms with Crippen molar-refractivity contribution in [1.29, 1.82) is 0 Å². The third-order valence-corrected chi connectivity index (χ3v) is 6.05. The summed E-state index contributed by atoms with van der Waals surface area (Å²) in [7, 11) is -1.70. The average Bonchev–Trinajstić information content (AvgIpc) is 2.69. The predicted molar refractivity (Wildman–Crippen MR) is 109 cm³/mol. The minimum Gasteiger partial charge on any atom is -0.462 e. The van der Waals surface area contributed by atoms with E-state index in [0.717, 1.165) is 31.9 Å². The van der Waals surface area contributed by atoms with Gasteiger partial charge in [0.2, 0.25) is 0 Å². The molecule has 0 spiro atoms. The molecule has 150 valence electrons. The molecule has 1 aliphatic heterocycles. The fourth-order valence-corrected chi connectivity index (χ4v) is 4.15. The largest absolute Gasteiger partial charge is 0.462 e. The molecule has 3 rings (SSSR count). The molecule has 0 aromatic heterocycles. The average molecular weight is 404 g/mol. The van der Waals surface area contributed by atoms with Crippen molar-refractivity contribution in [3.63, 3.8) is 0 Å². The second-order valence-corrected chi connectivity index (χ2v) is 8.34. The third-order valence-electron chi connectivity index (χ3n) is 4.67. The molecule has 1 saturated heterocycles. The van der Waals surface area contributed by atoms with Gasteiger partial charge in [0.1, 0.15) is 0 Å². The van der Waals surface area contributed by atoms with E-state index in [1.807, 2.05) is 12.1 Å². The van der Waals surface area contributed by atoms with Crippen LogP contribution in [-0.4, -0.2) is 59.1 Å². The Kier molecular flexibility index (Phi) is 6.21. The molecule has 1 heterocycles. The summed E-state index contributed by atoms with van der Waals surface area (Å²) >= 11 is 0. The topological polar surface area (TPSA) is 78.9 Å². The van der Waals surface area contributed by atoms with Gasteiger partial charge in [-0.15, -0.1) is 0 Å². The summed E-state index contributed by atoms with van der Waals surface area (Å²) in [4.78, 5) is 16.3. The Bertz CT molecular complexity index is 921. The zero-order chi connectivity index (χ0) is 20.1. The van der Waals surface area contributed by atoms with Gasteiger partial charge in [-0.1, -0.05) is 12.1 Å². The van der Waals surface area contributed by atoms with E-state index in [4.69, 9.17) is 4.74 Å². The van der Waals surface area contributed by atoms with Crippen molar-refractivity contribution in [2.24, 2.45) is 0 Å². The molecule has 7 nitrogen and oxygen atoms in total. The van der Waals surface area contributed by atoms with E-state index in [1.54, 1.807) is 19.1 Å². The van der Waals surface area contributed by atoms with Crippen LogP contribution in [0.1, 0.15) is 17.3 Å². The summed E-state index contributed by atoms with van der Waals surface area (Å²) in [6.07, 6.45) is 0.